The Bertz CT molecular complexity index is 330. The largest absolute Gasteiger partial charge is 0.317 e. The van der Waals surface area contributed by atoms with Gasteiger partial charge in [0.2, 0.25) is 0 Å². The molecule has 0 radical (unpaired) electrons. The van der Waals surface area contributed by atoms with Crippen molar-refractivity contribution < 1.29 is 0 Å². The molecule has 1 N–H and O–H groups in total. The second-order valence-corrected chi connectivity index (χ2v) is 4.82. The van der Waals surface area contributed by atoms with Crippen molar-refractivity contribution in [3.05, 3.63) is 34.9 Å². The fraction of sp³-hybridized carbons (Fsp3) is 0.571. The van der Waals surface area contributed by atoms with Crippen LogP contribution in [0.15, 0.2) is 18.2 Å². The smallest absolute Gasteiger partial charge is 0.00462 e. The van der Waals surface area contributed by atoms with Gasteiger partial charge in [0.25, 0.3) is 0 Å². The summed E-state index contributed by atoms with van der Waals surface area (Å²) >= 11 is 0. The molecule has 2 rings (SSSR count). The molecule has 0 saturated carbocycles. The molecule has 1 fully saturated rings. The minimum Gasteiger partial charge on any atom is -0.317 e. The Labute approximate surface area is 105 Å². The van der Waals surface area contributed by atoms with Gasteiger partial charge in [0.1, 0.15) is 0 Å². The van der Waals surface area contributed by atoms with Crippen molar-refractivity contribution >= 4 is 12.4 Å². The Hall–Kier alpha value is -0.530. The summed E-state index contributed by atoms with van der Waals surface area (Å²) in [6.45, 7) is 6.80. The number of nitrogens with one attached hydrogen (secondary N) is 1. The number of rotatable bonds is 2. The quantitative estimate of drug-likeness (QED) is 0.836. The predicted molar refractivity (Wildman–Crippen MR) is 72.5 cm³/mol. The summed E-state index contributed by atoms with van der Waals surface area (Å²) in [5.41, 5.74) is 4.36. The highest BCUT2D eigenvalue weighted by Gasteiger charge is 2.13. The van der Waals surface area contributed by atoms with E-state index in [0.29, 0.717) is 0 Å². The highest BCUT2D eigenvalue weighted by atomic mass is 35.5. The average Bonchev–Trinajstić information content (AvgIpc) is 2.25. The molecule has 1 aromatic rings. The van der Waals surface area contributed by atoms with Crippen LogP contribution in [-0.2, 0) is 6.42 Å². The molecule has 1 saturated heterocycles. The molecular formula is C14H22ClN. The van der Waals surface area contributed by atoms with Crippen LogP contribution in [0.2, 0.25) is 0 Å². The van der Waals surface area contributed by atoms with E-state index in [-0.39, 0.29) is 12.4 Å². The number of hydrogen-bond donors (Lipinski definition) is 1. The summed E-state index contributed by atoms with van der Waals surface area (Å²) in [6.07, 6.45) is 3.95. The minimum absolute atomic E-state index is 0. The van der Waals surface area contributed by atoms with Crippen LogP contribution in [0.4, 0.5) is 0 Å². The molecule has 16 heavy (non-hydrogen) atoms. The first-order valence-electron chi connectivity index (χ1n) is 6.02. The van der Waals surface area contributed by atoms with Crippen LogP contribution in [0.5, 0.6) is 0 Å². The zero-order valence-corrected chi connectivity index (χ0v) is 11.1. The number of benzene rings is 1. The van der Waals surface area contributed by atoms with Gasteiger partial charge in [-0.3, -0.25) is 0 Å². The van der Waals surface area contributed by atoms with Crippen molar-refractivity contribution in [1.29, 1.82) is 0 Å². The first-order valence-corrected chi connectivity index (χ1v) is 6.02. The summed E-state index contributed by atoms with van der Waals surface area (Å²) in [6, 6.07) is 6.91. The lowest BCUT2D eigenvalue weighted by atomic mass is 9.90. The van der Waals surface area contributed by atoms with Crippen LogP contribution in [0, 0.1) is 19.8 Å². The molecular weight excluding hydrogens is 218 g/mol. The summed E-state index contributed by atoms with van der Waals surface area (Å²) in [5.74, 6) is 0.897. The summed E-state index contributed by atoms with van der Waals surface area (Å²) in [5, 5.41) is 3.42. The van der Waals surface area contributed by atoms with Gasteiger partial charge in [-0.15, -0.1) is 12.4 Å². The van der Waals surface area contributed by atoms with Gasteiger partial charge in [-0.2, -0.15) is 0 Å². The third kappa shape index (κ3) is 3.50. The van der Waals surface area contributed by atoms with E-state index in [1.54, 1.807) is 0 Å². The van der Waals surface area contributed by atoms with E-state index in [1.807, 2.05) is 0 Å². The number of piperidine rings is 1. The molecule has 0 aromatic heterocycles. The monoisotopic (exact) mass is 239 g/mol. The minimum atomic E-state index is 0. The molecule has 0 bridgehead atoms. The lowest BCUT2D eigenvalue weighted by molar-refractivity contribution is 0.372. The van der Waals surface area contributed by atoms with Gasteiger partial charge >= 0.3 is 0 Å². The molecule has 0 amide bonds. The summed E-state index contributed by atoms with van der Waals surface area (Å²) < 4.78 is 0. The van der Waals surface area contributed by atoms with E-state index in [1.165, 1.54) is 49.0 Å². The third-order valence-electron chi connectivity index (χ3n) is 3.55. The molecule has 1 aliphatic rings. The Morgan fingerprint density at radius 3 is 2.44 bits per heavy atom. The van der Waals surface area contributed by atoms with Crippen LogP contribution in [0.1, 0.15) is 29.5 Å². The zero-order chi connectivity index (χ0) is 10.7. The molecule has 2 heteroatoms. The normalized spacial score (nSPS) is 16.9. The van der Waals surface area contributed by atoms with Crippen molar-refractivity contribution in [2.24, 2.45) is 5.92 Å². The van der Waals surface area contributed by atoms with E-state index in [9.17, 15) is 0 Å². The maximum absolute atomic E-state index is 3.42. The SMILES string of the molecule is Cc1ccc(CC2CCNCC2)cc1C.Cl. The van der Waals surface area contributed by atoms with Crippen molar-refractivity contribution in [2.75, 3.05) is 13.1 Å². The highest BCUT2D eigenvalue weighted by molar-refractivity contribution is 5.85. The maximum atomic E-state index is 3.42. The van der Waals surface area contributed by atoms with Crippen LogP contribution < -0.4 is 5.32 Å². The average molecular weight is 240 g/mol. The topological polar surface area (TPSA) is 12.0 Å². The summed E-state index contributed by atoms with van der Waals surface area (Å²) in [4.78, 5) is 0. The third-order valence-corrected chi connectivity index (χ3v) is 3.55. The van der Waals surface area contributed by atoms with Gasteiger partial charge in [0.15, 0.2) is 0 Å². The second-order valence-electron chi connectivity index (χ2n) is 4.82. The lowest BCUT2D eigenvalue weighted by Gasteiger charge is -2.22. The van der Waals surface area contributed by atoms with Gasteiger partial charge in [-0.25, -0.2) is 0 Å². The standard InChI is InChI=1S/C14H21N.ClH/c1-11-3-4-14(9-12(11)2)10-13-5-7-15-8-6-13;/h3-4,9,13,15H,5-8,10H2,1-2H3;1H. The van der Waals surface area contributed by atoms with Gasteiger partial charge < -0.3 is 5.32 Å². The van der Waals surface area contributed by atoms with Gasteiger partial charge in [-0.1, -0.05) is 18.2 Å². The van der Waals surface area contributed by atoms with Crippen LogP contribution in [0.25, 0.3) is 0 Å². The van der Waals surface area contributed by atoms with Crippen LogP contribution in [-0.4, -0.2) is 13.1 Å². The van der Waals surface area contributed by atoms with E-state index < -0.39 is 0 Å². The van der Waals surface area contributed by atoms with E-state index in [4.69, 9.17) is 0 Å². The molecule has 0 unspecified atom stereocenters. The molecule has 1 heterocycles. The van der Waals surface area contributed by atoms with Gasteiger partial charge in [0.05, 0.1) is 0 Å². The van der Waals surface area contributed by atoms with Gasteiger partial charge in [-0.05, 0) is 68.8 Å². The van der Waals surface area contributed by atoms with Crippen LogP contribution in [0.3, 0.4) is 0 Å². The Balaban J connectivity index is 0.00000128. The first kappa shape index (κ1) is 13.5. The zero-order valence-electron chi connectivity index (χ0n) is 10.3. The Kier molecular flexibility index (Phi) is 5.30. The predicted octanol–water partition coefficient (Wildman–Crippen LogP) is 3.27. The van der Waals surface area contributed by atoms with E-state index >= 15 is 0 Å². The fourth-order valence-electron chi connectivity index (χ4n) is 2.35. The van der Waals surface area contributed by atoms with Crippen molar-refractivity contribution in [3.63, 3.8) is 0 Å². The van der Waals surface area contributed by atoms with Crippen molar-refractivity contribution in [1.82, 2.24) is 5.32 Å². The number of hydrogen-bond acceptors (Lipinski definition) is 1. The molecule has 0 aliphatic carbocycles. The fourth-order valence-corrected chi connectivity index (χ4v) is 2.35. The van der Waals surface area contributed by atoms with Crippen molar-refractivity contribution in [3.8, 4) is 0 Å². The van der Waals surface area contributed by atoms with Crippen molar-refractivity contribution in [2.45, 2.75) is 33.1 Å². The first-order chi connectivity index (χ1) is 7.25. The molecule has 1 nitrogen and oxygen atoms in total. The molecule has 0 atom stereocenters. The van der Waals surface area contributed by atoms with E-state index in [2.05, 4.69) is 37.4 Å². The van der Waals surface area contributed by atoms with E-state index in [0.717, 1.165) is 5.92 Å². The summed E-state index contributed by atoms with van der Waals surface area (Å²) in [7, 11) is 0. The molecule has 1 aliphatic heterocycles. The number of halogens is 1. The molecule has 0 spiro atoms. The van der Waals surface area contributed by atoms with Crippen LogP contribution >= 0.6 is 12.4 Å². The Morgan fingerprint density at radius 1 is 1.12 bits per heavy atom. The highest BCUT2D eigenvalue weighted by Crippen LogP contribution is 2.19. The second kappa shape index (κ2) is 6.27. The maximum Gasteiger partial charge on any atom is -0.00462 e. The number of aryl methyl sites for hydroxylation is 2. The Morgan fingerprint density at radius 2 is 1.81 bits per heavy atom. The lowest BCUT2D eigenvalue weighted by Crippen LogP contribution is -2.28. The van der Waals surface area contributed by atoms with Gasteiger partial charge in [0, 0.05) is 0 Å². The molecule has 90 valence electrons. The molecule has 1 aromatic carbocycles.